The maximum atomic E-state index is 14.2. The van der Waals surface area contributed by atoms with E-state index in [2.05, 4.69) is 5.32 Å². The quantitative estimate of drug-likeness (QED) is 0.510. The third-order valence-electron chi connectivity index (χ3n) is 7.06. The highest BCUT2D eigenvalue weighted by Gasteiger charge is 2.42. The third kappa shape index (κ3) is 6.98. The first-order valence-electron chi connectivity index (χ1n) is 14.0. The Morgan fingerprint density at radius 3 is 2.50 bits per heavy atom. The number of anilines is 1. The standard InChI is InChI=1S/C29H44N4O7/c1-9-19-15-23-22(32(14-12-30-26(36)37)25(35)29(7,8)39-23)16-21(19)24(34)33(18(2)3)20-11-10-13-31(17-20)27(38)40-28(4,5)6/h15-16,18,20,30H,9-14,17H2,1-8H3,(H,36,37)/t20-/m1/s1. The predicted octanol–water partition coefficient (Wildman–Crippen LogP) is 4.27. The number of amides is 4. The molecule has 0 aliphatic carbocycles. The molecule has 11 heteroatoms. The van der Waals surface area contributed by atoms with Crippen LogP contribution in [0.3, 0.4) is 0 Å². The van der Waals surface area contributed by atoms with Crippen molar-refractivity contribution in [2.24, 2.45) is 0 Å². The first-order valence-corrected chi connectivity index (χ1v) is 14.0. The molecule has 2 aliphatic rings. The van der Waals surface area contributed by atoms with Crippen LogP contribution >= 0.6 is 0 Å². The minimum atomic E-state index is -1.18. The predicted molar refractivity (Wildman–Crippen MR) is 151 cm³/mol. The fraction of sp³-hybridized carbons (Fsp3) is 0.655. The molecule has 2 N–H and O–H groups in total. The van der Waals surface area contributed by atoms with Crippen molar-refractivity contribution in [1.82, 2.24) is 15.1 Å². The monoisotopic (exact) mass is 560 g/mol. The van der Waals surface area contributed by atoms with Crippen molar-refractivity contribution in [3.63, 3.8) is 0 Å². The number of nitrogens with one attached hydrogen (secondary N) is 1. The van der Waals surface area contributed by atoms with Crippen LogP contribution in [0.5, 0.6) is 5.75 Å². The van der Waals surface area contributed by atoms with Crippen LogP contribution < -0.4 is 15.0 Å². The van der Waals surface area contributed by atoms with Crippen LogP contribution in [-0.2, 0) is 16.0 Å². The van der Waals surface area contributed by atoms with Gasteiger partial charge in [-0.2, -0.15) is 0 Å². The number of ether oxygens (including phenoxy) is 2. The van der Waals surface area contributed by atoms with E-state index < -0.39 is 17.3 Å². The van der Waals surface area contributed by atoms with Gasteiger partial charge in [0.05, 0.1) is 11.7 Å². The van der Waals surface area contributed by atoms with E-state index in [1.54, 1.807) is 30.9 Å². The number of carboxylic acid groups (broad SMARTS) is 1. The fourth-order valence-electron chi connectivity index (χ4n) is 5.28. The van der Waals surface area contributed by atoms with Crippen LogP contribution in [0.4, 0.5) is 15.3 Å². The lowest BCUT2D eigenvalue weighted by Crippen LogP contribution is -2.55. The van der Waals surface area contributed by atoms with Crippen molar-refractivity contribution >= 4 is 29.7 Å². The summed E-state index contributed by atoms with van der Waals surface area (Å²) in [6.07, 6.45) is 0.483. The Morgan fingerprint density at radius 1 is 1.25 bits per heavy atom. The van der Waals surface area contributed by atoms with Gasteiger partial charge < -0.3 is 34.6 Å². The molecule has 1 fully saturated rings. The maximum absolute atomic E-state index is 14.2. The lowest BCUT2D eigenvalue weighted by molar-refractivity contribution is -0.132. The van der Waals surface area contributed by atoms with Crippen LogP contribution in [-0.4, -0.2) is 88.4 Å². The summed E-state index contributed by atoms with van der Waals surface area (Å²) >= 11 is 0. The van der Waals surface area contributed by atoms with Crippen LogP contribution in [0.2, 0.25) is 0 Å². The molecule has 1 aromatic rings. The Balaban J connectivity index is 1.97. The van der Waals surface area contributed by atoms with Crippen LogP contribution in [0, 0.1) is 0 Å². The van der Waals surface area contributed by atoms with Crippen molar-refractivity contribution < 1.29 is 33.8 Å². The Morgan fingerprint density at radius 2 is 1.93 bits per heavy atom. The molecule has 11 nitrogen and oxygen atoms in total. The minimum Gasteiger partial charge on any atom is -0.476 e. The minimum absolute atomic E-state index is 0.0239. The van der Waals surface area contributed by atoms with Crippen molar-refractivity contribution in [2.45, 2.75) is 97.9 Å². The molecule has 1 atom stereocenters. The van der Waals surface area contributed by atoms with Crippen molar-refractivity contribution in [3.05, 3.63) is 23.3 Å². The number of hydrogen-bond donors (Lipinski definition) is 2. The molecule has 0 spiro atoms. The van der Waals surface area contributed by atoms with Crippen LogP contribution in [0.1, 0.15) is 84.2 Å². The second-order valence-corrected chi connectivity index (χ2v) is 12.2. The first-order chi connectivity index (χ1) is 18.6. The van der Waals surface area contributed by atoms with Gasteiger partial charge in [0, 0.05) is 37.8 Å². The number of aryl methyl sites for hydroxylation is 1. The van der Waals surface area contributed by atoms with Gasteiger partial charge in [-0.1, -0.05) is 6.92 Å². The molecule has 0 saturated carbocycles. The molecular formula is C29H44N4O7. The van der Waals surface area contributed by atoms with Gasteiger partial charge in [0.1, 0.15) is 11.4 Å². The van der Waals surface area contributed by atoms with Gasteiger partial charge in [0.25, 0.3) is 11.8 Å². The van der Waals surface area contributed by atoms with Crippen molar-refractivity contribution in [1.29, 1.82) is 0 Å². The number of carbonyl (C=O) groups is 4. The Kier molecular flexibility index (Phi) is 9.26. The molecule has 0 radical (unpaired) electrons. The Hall–Kier alpha value is -3.50. The molecule has 1 saturated heterocycles. The summed E-state index contributed by atoms with van der Waals surface area (Å²) in [5.74, 6) is -0.0411. The summed E-state index contributed by atoms with van der Waals surface area (Å²) in [4.78, 5) is 56.3. The zero-order valence-electron chi connectivity index (χ0n) is 25.0. The third-order valence-corrected chi connectivity index (χ3v) is 7.06. The number of benzene rings is 1. The zero-order chi connectivity index (χ0) is 30.0. The molecule has 40 heavy (non-hydrogen) atoms. The molecular weight excluding hydrogens is 516 g/mol. The number of rotatable bonds is 7. The van der Waals surface area contributed by atoms with E-state index in [4.69, 9.17) is 14.6 Å². The normalized spacial score (nSPS) is 18.6. The van der Waals surface area contributed by atoms with E-state index in [-0.39, 0.29) is 43.1 Å². The summed E-state index contributed by atoms with van der Waals surface area (Å²) in [5.41, 5.74) is -0.0972. The Bertz CT molecular complexity index is 1140. The van der Waals surface area contributed by atoms with Crippen molar-refractivity contribution in [2.75, 3.05) is 31.1 Å². The average molecular weight is 561 g/mol. The van der Waals surface area contributed by atoms with Gasteiger partial charge in [-0.25, -0.2) is 9.59 Å². The number of carbonyl (C=O) groups excluding carboxylic acids is 3. The second-order valence-electron chi connectivity index (χ2n) is 12.2. The first kappa shape index (κ1) is 31.0. The van der Waals surface area contributed by atoms with Crippen molar-refractivity contribution in [3.8, 4) is 5.75 Å². The lowest BCUT2D eigenvalue weighted by atomic mass is 9.96. The van der Waals surface area contributed by atoms with Gasteiger partial charge in [-0.15, -0.1) is 0 Å². The van der Waals surface area contributed by atoms with E-state index in [0.717, 1.165) is 18.4 Å². The molecule has 2 heterocycles. The lowest BCUT2D eigenvalue weighted by Gasteiger charge is -2.42. The molecule has 2 aliphatic heterocycles. The molecule has 1 aromatic carbocycles. The number of piperidine rings is 1. The van der Waals surface area contributed by atoms with Gasteiger partial charge in [0.15, 0.2) is 5.60 Å². The number of nitrogens with zero attached hydrogens (tertiary/aromatic N) is 3. The maximum Gasteiger partial charge on any atom is 0.410 e. The number of likely N-dealkylation sites (tertiary alicyclic amines) is 1. The SMILES string of the molecule is CCc1cc2c(cc1C(=O)N(C(C)C)[C@@H]1CCCN(C(=O)OC(C)(C)C)C1)N(CCNC(=O)O)C(=O)C(C)(C)O2. The summed E-state index contributed by atoms with van der Waals surface area (Å²) in [6.45, 7) is 15.7. The van der Waals surface area contributed by atoms with Gasteiger partial charge in [-0.05, 0) is 85.4 Å². The highest BCUT2D eigenvalue weighted by molar-refractivity contribution is 6.05. The molecule has 4 amide bonds. The van der Waals surface area contributed by atoms with E-state index in [9.17, 15) is 19.2 Å². The zero-order valence-corrected chi connectivity index (χ0v) is 25.0. The van der Waals surface area contributed by atoms with E-state index >= 15 is 0 Å². The smallest absolute Gasteiger partial charge is 0.410 e. The fourth-order valence-corrected chi connectivity index (χ4v) is 5.28. The van der Waals surface area contributed by atoms with Gasteiger partial charge >= 0.3 is 12.2 Å². The summed E-state index contributed by atoms with van der Waals surface area (Å²) < 4.78 is 11.6. The summed E-state index contributed by atoms with van der Waals surface area (Å²) in [6, 6.07) is 3.14. The average Bonchev–Trinajstić information content (AvgIpc) is 2.84. The van der Waals surface area contributed by atoms with Gasteiger partial charge in [-0.3, -0.25) is 9.59 Å². The molecule has 0 aromatic heterocycles. The highest BCUT2D eigenvalue weighted by Crippen LogP contribution is 2.40. The van der Waals surface area contributed by atoms with E-state index in [0.29, 0.717) is 36.5 Å². The largest absolute Gasteiger partial charge is 0.476 e. The van der Waals surface area contributed by atoms with E-state index in [1.807, 2.05) is 46.4 Å². The molecule has 222 valence electrons. The molecule has 0 bridgehead atoms. The number of fused-ring (bicyclic) bond motifs is 1. The van der Waals surface area contributed by atoms with E-state index in [1.165, 1.54) is 4.90 Å². The number of hydrogen-bond acceptors (Lipinski definition) is 6. The molecule has 3 rings (SSSR count). The van der Waals surface area contributed by atoms with Crippen LogP contribution in [0.15, 0.2) is 12.1 Å². The van der Waals surface area contributed by atoms with Gasteiger partial charge in [0.2, 0.25) is 0 Å². The molecule has 0 unspecified atom stereocenters. The highest BCUT2D eigenvalue weighted by atomic mass is 16.6. The van der Waals surface area contributed by atoms with Crippen LogP contribution in [0.25, 0.3) is 0 Å². The topological polar surface area (TPSA) is 129 Å². The Labute approximate surface area is 236 Å². The summed E-state index contributed by atoms with van der Waals surface area (Å²) in [7, 11) is 0. The summed E-state index contributed by atoms with van der Waals surface area (Å²) in [5, 5.41) is 11.3. The second kappa shape index (κ2) is 11.9.